The first kappa shape index (κ1) is 24.1. The Labute approximate surface area is 200 Å². The fourth-order valence-electron chi connectivity index (χ4n) is 3.87. The average Bonchev–Trinajstić information content (AvgIpc) is 2.84. The predicted molar refractivity (Wildman–Crippen MR) is 129 cm³/mol. The highest BCUT2D eigenvalue weighted by Gasteiger charge is 2.31. The lowest BCUT2D eigenvalue weighted by Gasteiger charge is -2.32. The molecule has 1 aliphatic heterocycles. The van der Waals surface area contributed by atoms with Gasteiger partial charge in [-0.15, -0.1) is 0 Å². The van der Waals surface area contributed by atoms with Crippen LogP contribution in [0.2, 0.25) is 0 Å². The average molecular weight is 503 g/mol. The van der Waals surface area contributed by atoms with E-state index in [0.29, 0.717) is 24.5 Å². The Bertz CT molecular complexity index is 1400. The highest BCUT2D eigenvalue weighted by molar-refractivity contribution is 7.95. The standard InChI is InChI=1S/C24H26N2O6S2/c1-26(2)17-15-19-21(31-3)14-13-20(24(19)32-16-17)25-34(29,30)23-12-8-7-11-22(23)33(27,28)18-9-5-4-6-10-18/h4-14,17,25H,15-16H2,1-3H3/t17-/m1/s1. The Balaban J connectivity index is 1.76. The van der Waals surface area contributed by atoms with Crippen molar-refractivity contribution in [3.05, 3.63) is 72.3 Å². The van der Waals surface area contributed by atoms with Gasteiger partial charge in [0.05, 0.1) is 22.6 Å². The normalized spacial score (nSPS) is 15.9. The van der Waals surface area contributed by atoms with Crippen molar-refractivity contribution in [3.8, 4) is 11.5 Å². The number of sulfone groups is 1. The maximum absolute atomic E-state index is 13.4. The number of hydrogen-bond acceptors (Lipinski definition) is 7. The second-order valence-electron chi connectivity index (χ2n) is 8.12. The summed E-state index contributed by atoms with van der Waals surface area (Å²) in [6.45, 7) is 0.376. The van der Waals surface area contributed by atoms with Crippen LogP contribution in [0.15, 0.2) is 81.4 Å². The molecule has 0 spiro atoms. The summed E-state index contributed by atoms with van der Waals surface area (Å²) in [5, 5.41) is 0. The molecule has 0 aromatic heterocycles. The molecule has 0 saturated carbocycles. The molecule has 0 fully saturated rings. The highest BCUT2D eigenvalue weighted by Crippen LogP contribution is 2.41. The molecule has 0 unspecified atom stereocenters. The van der Waals surface area contributed by atoms with Gasteiger partial charge in [-0.1, -0.05) is 30.3 Å². The molecule has 1 heterocycles. The van der Waals surface area contributed by atoms with Gasteiger partial charge in [0.2, 0.25) is 9.84 Å². The number of hydrogen-bond donors (Lipinski definition) is 1. The second-order valence-corrected chi connectivity index (χ2v) is 11.7. The van der Waals surface area contributed by atoms with Crippen LogP contribution in [0, 0.1) is 0 Å². The van der Waals surface area contributed by atoms with E-state index in [-0.39, 0.29) is 26.4 Å². The number of nitrogens with zero attached hydrogens (tertiary/aromatic N) is 1. The molecule has 0 aliphatic carbocycles. The van der Waals surface area contributed by atoms with Crippen molar-refractivity contribution in [3.63, 3.8) is 0 Å². The smallest absolute Gasteiger partial charge is 0.263 e. The largest absolute Gasteiger partial charge is 0.496 e. The molecule has 1 aliphatic rings. The van der Waals surface area contributed by atoms with Crippen molar-refractivity contribution < 1.29 is 26.3 Å². The van der Waals surface area contributed by atoms with E-state index in [4.69, 9.17) is 9.47 Å². The molecule has 8 nitrogen and oxygen atoms in total. The van der Waals surface area contributed by atoms with E-state index in [2.05, 4.69) is 4.72 Å². The zero-order chi connectivity index (χ0) is 24.5. The van der Waals surface area contributed by atoms with Gasteiger partial charge in [0.15, 0.2) is 0 Å². The van der Waals surface area contributed by atoms with E-state index in [1.807, 2.05) is 19.0 Å². The molecule has 34 heavy (non-hydrogen) atoms. The van der Waals surface area contributed by atoms with Crippen molar-refractivity contribution in [2.45, 2.75) is 27.1 Å². The summed E-state index contributed by atoms with van der Waals surface area (Å²) in [4.78, 5) is 1.40. The maximum Gasteiger partial charge on any atom is 0.263 e. The molecule has 3 aromatic rings. The van der Waals surface area contributed by atoms with E-state index in [1.54, 1.807) is 37.4 Å². The number of fused-ring (bicyclic) bond motifs is 1. The summed E-state index contributed by atoms with van der Waals surface area (Å²) in [5.74, 6) is 0.973. The minimum Gasteiger partial charge on any atom is -0.496 e. The monoisotopic (exact) mass is 502 g/mol. The van der Waals surface area contributed by atoms with Crippen molar-refractivity contribution in [1.82, 2.24) is 4.90 Å². The Morgan fingerprint density at radius 1 is 0.912 bits per heavy atom. The first-order valence-electron chi connectivity index (χ1n) is 10.6. The van der Waals surface area contributed by atoms with Crippen LogP contribution in [-0.2, 0) is 26.3 Å². The van der Waals surface area contributed by atoms with Crippen molar-refractivity contribution in [2.24, 2.45) is 0 Å². The molecule has 0 bridgehead atoms. The van der Waals surface area contributed by atoms with Crippen LogP contribution in [0.5, 0.6) is 11.5 Å². The van der Waals surface area contributed by atoms with E-state index < -0.39 is 19.9 Å². The van der Waals surface area contributed by atoms with Gasteiger partial charge in [0.1, 0.15) is 23.0 Å². The third-order valence-corrected chi connectivity index (χ3v) is 9.13. The maximum atomic E-state index is 13.4. The number of ether oxygens (including phenoxy) is 2. The molecular formula is C24H26N2O6S2. The summed E-state index contributed by atoms with van der Waals surface area (Å²) in [6.07, 6.45) is 0.611. The minimum absolute atomic E-state index is 0.0116. The Morgan fingerprint density at radius 3 is 2.21 bits per heavy atom. The number of anilines is 1. The first-order valence-corrected chi connectivity index (χ1v) is 13.5. The number of nitrogens with one attached hydrogen (secondary N) is 1. The molecule has 3 aromatic carbocycles. The molecule has 1 N–H and O–H groups in total. The van der Waals surface area contributed by atoms with Crippen molar-refractivity contribution in [2.75, 3.05) is 32.5 Å². The number of benzene rings is 3. The van der Waals surface area contributed by atoms with Gasteiger partial charge in [-0.2, -0.15) is 0 Å². The van der Waals surface area contributed by atoms with Crippen LogP contribution in [0.1, 0.15) is 5.56 Å². The topological polar surface area (TPSA) is 102 Å². The lowest BCUT2D eigenvalue weighted by atomic mass is 10.00. The quantitative estimate of drug-likeness (QED) is 0.529. The summed E-state index contributed by atoms with van der Waals surface area (Å²) < 4.78 is 67.3. The fraction of sp³-hybridized carbons (Fsp3) is 0.250. The van der Waals surface area contributed by atoms with Crippen molar-refractivity contribution in [1.29, 1.82) is 0 Å². The fourth-order valence-corrected chi connectivity index (χ4v) is 7.03. The Hall–Kier alpha value is -3.08. The lowest BCUT2D eigenvalue weighted by molar-refractivity contribution is 0.164. The molecule has 1 atom stereocenters. The van der Waals surface area contributed by atoms with E-state index in [1.165, 1.54) is 36.4 Å². The second kappa shape index (κ2) is 9.28. The summed E-state index contributed by atoms with van der Waals surface area (Å²) in [6, 6.07) is 16.6. The van der Waals surface area contributed by atoms with Crippen LogP contribution in [0.4, 0.5) is 5.69 Å². The van der Waals surface area contributed by atoms with E-state index >= 15 is 0 Å². The van der Waals surface area contributed by atoms with Crippen LogP contribution >= 0.6 is 0 Å². The SMILES string of the molecule is COc1ccc(NS(=O)(=O)c2ccccc2S(=O)(=O)c2ccccc2)c2c1C[C@@H](N(C)C)CO2. The molecular weight excluding hydrogens is 476 g/mol. The first-order chi connectivity index (χ1) is 16.1. The third kappa shape index (κ3) is 4.48. The summed E-state index contributed by atoms with van der Waals surface area (Å²) in [7, 11) is -2.91. The third-order valence-electron chi connectivity index (χ3n) is 5.75. The molecule has 10 heteroatoms. The zero-order valence-corrected chi connectivity index (χ0v) is 20.7. The van der Waals surface area contributed by atoms with Crippen LogP contribution < -0.4 is 14.2 Å². The highest BCUT2D eigenvalue weighted by atomic mass is 32.2. The van der Waals surface area contributed by atoms with Crippen LogP contribution in [-0.4, -0.2) is 55.6 Å². The number of rotatable bonds is 7. The Morgan fingerprint density at radius 2 is 1.56 bits per heavy atom. The molecule has 0 radical (unpaired) electrons. The molecule has 180 valence electrons. The zero-order valence-electron chi connectivity index (χ0n) is 19.1. The van der Waals surface area contributed by atoms with Crippen LogP contribution in [0.25, 0.3) is 0 Å². The molecule has 0 saturated heterocycles. The van der Waals surface area contributed by atoms with Gasteiger partial charge in [-0.3, -0.25) is 4.72 Å². The van der Waals surface area contributed by atoms with Gasteiger partial charge in [-0.05, 0) is 56.9 Å². The lowest BCUT2D eigenvalue weighted by Crippen LogP contribution is -2.38. The number of methoxy groups -OCH3 is 1. The predicted octanol–water partition coefficient (Wildman–Crippen LogP) is 3.19. The minimum atomic E-state index is -4.28. The van der Waals surface area contributed by atoms with Crippen LogP contribution in [0.3, 0.4) is 0 Å². The number of sulfonamides is 1. The van der Waals surface area contributed by atoms with E-state index in [0.717, 1.165) is 5.56 Å². The molecule has 0 amide bonds. The molecule has 4 rings (SSSR count). The van der Waals surface area contributed by atoms with Gasteiger partial charge in [0.25, 0.3) is 10.0 Å². The van der Waals surface area contributed by atoms with Gasteiger partial charge >= 0.3 is 0 Å². The Kier molecular flexibility index (Phi) is 6.57. The van der Waals surface area contributed by atoms with E-state index in [9.17, 15) is 16.8 Å². The van der Waals surface area contributed by atoms with Gasteiger partial charge < -0.3 is 14.4 Å². The van der Waals surface area contributed by atoms with Gasteiger partial charge in [0, 0.05) is 11.6 Å². The summed E-state index contributed by atoms with van der Waals surface area (Å²) in [5.41, 5.74) is 0.970. The van der Waals surface area contributed by atoms with Gasteiger partial charge in [-0.25, -0.2) is 16.8 Å². The number of likely N-dealkylation sites (N-methyl/N-ethyl adjacent to an activating group) is 1. The van der Waals surface area contributed by atoms with Crippen molar-refractivity contribution >= 4 is 25.5 Å². The summed E-state index contributed by atoms with van der Waals surface area (Å²) >= 11 is 0.